The zero-order valence-corrected chi connectivity index (χ0v) is 13.4. The Morgan fingerprint density at radius 3 is 2.62 bits per heavy atom. The molecule has 2 aromatic carbocycles. The third kappa shape index (κ3) is 4.23. The van der Waals surface area contributed by atoms with Crippen LogP contribution >= 0.6 is 15.9 Å². The Bertz CT molecular complexity index is 643. The van der Waals surface area contributed by atoms with Crippen molar-refractivity contribution in [2.45, 2.75) is 6.42 Å². The van der Waals surface area contributed by atoms with Gasteiger partial charge in [-0.05, 0) is 36.4 Å². The van der Waals surface area contributed by atoms with Crippen LogP contribution in [-0.2, 0) is 11.2 Å². The average molecular weight is 350 g/mol. The number of rotatable bonds is 5. The molecule has 0 aliphatic rings. The van der Waals surface area contributed by atoms with Gasteiger partial charge in [-0.1, -0.05) is 22.0 Å². The predicted octanol–water partition coefficient (Wildman–Crippen LogP) is 3.65. The van der Waals surface area contributed by atoms with E-state index in [-0.39, 0.29) is 12.3 Å². The summed E-state index contributed by atoms with van der Waals surface area (Å²) in [6.07, 6.45) is 0.215. The van der Waals surface area contributed by atoms with Gasteiger partial charge in [0, 0.05) is 15.7 Å². The summed E-state index contributed by atoms with van der Waals surface area (Å²) in [4.78, 5) is 12.1. The van der Waals surface area contributed by atoms with Crippen molar-refractivity contribution in [3.63, 3.8) is 0 Å². The topological polar surface area (TPSA) is 47.6 Å². The lowest BCUT2D eigenvalue weighted by atomic mass is 10.1. The first-order valence-electron chi connectivity index (χ1n) is 6.38. The second kappa shape index (κ2) is 7.13. The Morgan fingerprint density at radius 1 is 1.14 bits per heavy atom. The molecule has 0 saturated carbocycles. The fourth-order valence-corrected chi connectivity index (χ4v) is 2.36. The van der Waals surface area contributed by atoms with E-state index in [0.717, 1.165) is 15.7 Å². The maximum absolute atomic E-state index is 12.1. The Labute approximate surface area is 132 Å². The molecule has 110 valence electrons. The van der Waals surface area contributed by atoms with Gasteiger partial charge in [-0.25, -0.2) is 0 Å². The molecule has 2 rings (SSSR count). The van der Waals surface area contributed by atoms with Crippen LogP contribution in [0, 0.1) is 0 Å². The molecule has 4 nitrogen and oxygen atoms in total. The van der Waals surface area contributed by atoms with Crippen LogP contribution in [0.15, 0.2) is 46.9 Å². The van der Waals surface area contributed by atoms with E-state index in [2.05, 4.69) is 21.2 Å². The third-order valence-corrected chi connectivity index (χ3v) is 3.44. The lowest BCUT2D eigenvalue weighted by molar-refractivity contribution is -0.115. The molecule has 0 saturated heterocycles. The van der Waals surface area contributed by atoms with Gasteiger partial charge in [-0.3, -0.25) is 4.79 Å². The molecule has 0 bridgehead atoms. The first-order chi connectivity index (χ1) is 10.1. The van der Waals surface area contributed by atoms with Gasteiger partial charge in [-0.15, -0.1) is 0 Å². The van der Waals surface area contributed by atoms with E-state index in [9.17, 15) is 4.79 Å². The van der Waals surface area contributed by atoms with Crippen LogP contribution in [0.25, 0.3) is 0 Å². The molecule has 0 aliphatic carbocycles. The molecule has 0 aliphatic heterocycles. The number of anilines is 1. The molecular formula is C16H16BrNO3. The van der Waals surface area contributed by atoms with Crippen LogP contribution in [0.5, 0.6) is 11.5 Å². The first-order valence-corrected chi connectivity index (χ1v) is 7.18. The van der Waals surface area contributed by atoms with Crippen molar-refractivity contribution in [3.05, 3.63) is 52.5 Å². The summed E-state index contributed by atoms with van der Waals surface area (Å²) in [5, 5.41) is 2.85. The van der Waals surface area contributed by atoms with E-state index < -0.39 is 0 Å². The highest BCUT2D eigenvalue weighted by Gasteiger charge is 2.10. The van der Waals surface area contributed by atoms with E-state index in [1.165, 1.54) is 0 Å². The van der Waals surface area contributed by atoms with E-state index in [4.69, 9.17) is 9.47 Å². The number of hydrogen-bond acceptors (Lipinski definition) is 3. The maximum Gasteiger partial charge on any atom is 0.228 e. The predicted molar refractivity (Wildman–Crippen MR) is 86.0 cm³/mol. The van der Waals surface area contributed by atoms with Gasteiger partial charge in [0.05, 0.1) is 20.6 Å². The SMILES string of the molecule is COc1ccc(OC)c(CC(=O)Nc2cccc(Br)c2)c1. The molecule has 21 heavy (non-hydrogen) atoms. The van der Waals surface area contributed by atoms with Gasteiger partial charge in [0.25, 0.3) is 0 Å². The lowest BCUT2D eigenvalue weighted by Crippen LogP contribution is -2.15. The van der Waals surface area contributed by atoms with E-state index in [1.807, 2.05) is 24.3 Å². The Balaban J connectivity index is 2.12. The molecule has 0 spiro atoms. The molecule has 0 aromatic heterocycles. The van der Waals surface area contributed by atoms with Gasteiger partial charge < -0.3 is 14.8 Å². The van der Waals surface area contributed by atoms with Gasteiger partial charge in [-0.2, -0.15) is 0 Å². The van der Waals surface area contributed by atoms with Crippen LogP contribution in [0.2, 0.25) is 0 Å². The van der Waals surface area contributed by atoms with Crippen molar-refractivity contribution >= 4 is 27.5 Å². The number of hydrogen-bond donors (Lipinski definition) is 1. The summed E-state index contributed by atoms with van der Waals surface area (Å²) in [5.74, 6) is 1.25. The van der Waals surface area contributed by atoms with Crippen molar-refractivity contribution in [1.29, 1.82) is 0 Å². The molecular weight excluding hydrogens is 334 g/mol. The number of halogens is 1. The van der Waals surface area contributed by atoms with Gasteiger partial charge in [0.1, 0.15) is 11.5 Å². The molecule has 0 fully saturated rings. The minimum atomic E-state index is -0.111. The number of methoxy groups -OCH3 is 2. The highest BCUT2D eigenvalue weighted by molar-refractivity contribution is 9.10. The smallest absolute Gasteiger partial charge is 0.228 e. The van der Waals surface area contributed by atoms with Crippen LogP contribution in [0.1, 0.15) is 5.56 Å². The fraction of sp³-hybridized carbons (Fsp3) is 0.188. The molecule has 2 aromatic rings. The molecule has 0 radical (unpaired) electrons. The van der Waals surface area contributed by atoms with Crippen molar-refractivity contribution in [2.75, 3.05) is 19.5 Å². The number of amides is 1. The monoisotopic (exact) mass is 349 g/mol. The van der Waals surface area contributed by atoms with Crippen molar-refractivity contribution in [2.24, 2.45) is 0 Å². The molecule has 5 heteroatoms. The quantitative estimate of drug-likeness (QED) is 0.896. The maximum atomic E-state index is 12.1. The van der Waals surface area contributed by atoms with E-state index in [0.29, 0.717) is 11.5 Å². The minimum Gasteiger partial charge on any atom is -0.497 e. The highest BCUT2D eigenvalue weighted by Crippen LogP contribution is 2.25. The van der Waals surface area contributed by atoms with Gasteiger partial charge >= 0.3 is 0 Å². The second-order valence-electron chi connectivity index (χ2n) is 4.41. The van der Waals surface area contributed by atoms with Crippen LogP contribution in [-0.4, -0.2) is 20.1 Å². The summed E-state index contributed by atoms with van der Waals surface area (Å²) in [5.41, 5.74) is 1.53. The number of ether oxygens (including phenoxy) is 2. The standard InChI is InChI=1S/C16H16BrNO3/c1-20-14-6-7-15(21-2)11(8-14)9-16(19)18-13-5-3-4-12(17)10-13/h3-8,10H,9H2,1-2H3,(H,18,19). The lowest BCUT2D eigenvalue weighted by Gasteiger charge is -2.11. The van der Waals surface area contributed by atoms with Crippen molar-refractivity contribution in [1.82, 2.24) is 0 Å². The van der Waals surface area contributed by atoms with Gasteiger partial charge in [0.2, 0.25) is 5.91 Å². The Morgan fingerprint density at radius 2 is 1.95 bits per heavy atom. The number of nitrogens with one attached hydrogen (secondary N) is 1. The second-order valence-corrected chi connectivity index (χ2v) is 5.33. The van der Waals surface area contributed by atoms with Crippen molar-refractivity contribution in [3.8, 4) is 11.5 Å². The van der Waals surface area contributed by atoms with E-state index in [1.54, 1.807) is 32.4 Å². The Kier molecular flexibility index (Phi) is 5.22. The molecule has 0 atom stereocenters. The summed E-state index contributed by atoms with van der Waals surface area (Å²) in [6, 6.07) is 12.9. The zero-order chi connectivity index (χ0) is 15.2. The highest BCUT2D eigenvalue weighted by atomic mass is 79.9. The van der Waals surface area contributed by atoms with E-state index >= 15 is 0 Å². The third-order valence-electron chi connectivity index (χ3n) is 2.95. The summed E-state index contributed by atoms with van der Waals surface area (Å²) >= 11 is 3.37. The van der Waals surface area contributed by atoms with Gasteiger partial charge in [0.15, 0.2) is 0 Å². The summed E-state index contributed by atoms with van der Waals surface area (Å²) < 4.78 is 11.4. The summed E-state index contributed by atoms with van der Waals surface area (Å²) in [7, 11) is 3.17. The zero-order valence-electron chi connectivity index (χ0n) is 11.9. The van der Waals surface area contributed by atoms with Crippen LogP contribution < -0.4 is 14.8 Å². The fourth-order valence-electron chi connectivity index (χ4n) is 1.96. The minimum absolute atomic E-state index is 0.111. The average Bonchev–Trinajstić information content (AvgIpc) is 2.47. The van der Waals surface area contributed by atoms with Crippen LogP contribution in [0.3, 0.4) is 0 Å². The molecule has 1 N–H and O–H groups in total. The summed E-state index contributed by atoms with van der Waals surface area (Å²) in [6.45, 7) is 0. The Hall–Kier alpha value is -2.01. The molecule has 0 unspecified atom stereocenters. The number of benzene rings is 2. The largest absolute Gasteiger partial charge is 0.497 e. The normalized spacial score (nSPS) is 10.0. The number of carbonyl (C=O) groups is 1. The molecule has 1 amide bonds. The molecule has 0 heterocycles. The first kappa shape index (κ1) is 15.4. The number of carbonyl (C=O) groups excluding carboxylic acids is 1. The van der Waals surface area contributed by atoms with Crippen LogP contribution in [0.4, 0.5) is 5.69 Å². The van der Waals surface area contributed by atoms with Crippen molar-refractivity contribution < 1.29 is 14.3 Å².